The minimum Gasteiger partial charge on any atom is -0.324 e. The summed E-state index contributed by atoms with van der Waals surface area (Å²) in [5.74, 6) is 0. The molecule has 0 atom stereocenters. The van der Waals surface area contributed by atoms with E-state index >= 15 is 0 Å². The molecule has 0 aliphatic carbocycles. The summed E-state index contributed by atoms with van der Waals surface area (Å²) in [4.78, 5) is 0. The summed E-state index contributed by atoms with van der Waals surface area (Å²) in [6, 6.07) is 0. The van der Waals surface area contributed by atoms with Crippen LogP contribution in [0.3, 0.4) is 0 Å². The lowest BCUT2D eigenvalue weighted by Crippen LogP contribution is -2.48. The first-order valence-electron chi connectivity index (χ1n) is 12.2. The second kappa shape index (κ2) is 19.5. The molecule has 0 saturated carbocycles. The van der Waals surface area contributed by atoms with Crippen molar-refractivity contribution in [2.75, 3.05) is 26.2 Å². The van der Waals surface area contributed by atoms with Crippen molar-refractivity contribution in [1.82, 2.24) is 0 Å². The van der Waals surface area contributed by atoms with Crippen LogP contribution in [0.5, 0.6) is 0 Å². The molecule has 0 aliphatic rings. The van der Waals surface area contributed by atoms with E-state index in [-0.39, 0.29) is 0 Å². The van der Waals surface area contributed by atoms with Crippen molar-refractivity contribution in [1.29, 1.82) is 0 Å². The molecule has 0 aliphatic heterocycles. The quantitative estimate of drug-likeness (QED) is 0.115. The van der Waals surface area contributed by atoms with E-state index in [2.05, 4.69) is 39.8 Å². The Kier molecular flexibility index (Phi) is 19.2. The van der Waals surface area contributed by atoms with Crippen molar-refractivity contribution in [3.8, 4) is 0 Å². The van der Waals surface area contributed by atoms with Crippen LogP contribution in [0.15, 0.2) is 12.2 Å². The molecule has 0 rings (SSSR count). The standard InChI is InChI=1S/C25H52N/c1-5-9-10-11-12-13-14-15-16-17-18-19-20-21-22-23-25-26(7-3,8-4)24-6-2/h15-16H,5-14,17-25H2,1-4H3/q+1. The molecule has 0 unspecified atom stereocenters. The maximum atomic E-state index is 2.44. The highest BCUT2D eigenvalue weighted by molar-refractivity contribution is 4.81. The molecule has 0 spiro atoms. The number of allylic oxidation sites excluding steroid dienone is 2. The van der Waals surface area contributed by atoms with Crippen LogP contribution in [-0.4, -0.2) is 30.7 Å². The van der Waals surface area contributed by atoms with Crippen molar-refractivity contribution in [2.45, 2.75) is 124 Å². The van der Waals surface area contributed by atoms with E-state index in [4.69, 9.17) is 0 Å². The molecule has 156 valence electrons. The highest BCUT2D eigenvalue weighted by Crippen LogP contribution is 2.14. The zero-order valence-electron chi connectivity index (χ0n) is 19.0. The molecule has 26 heavy (non-hydrogen) atoms. The van der Waals surface area contributed by atoms with Crippen LogP contribution < -0.4 is 0 Å². The molecule has 0 heterocycles. The number of quaternary nitrogens is 1. The molecule has 0 radical (unpaired) electrons. The summed E-state index contributed by atoms with van der Waals surface area (Å²) in [5, 5.41) is 0. The summed E-state index contributed by atoms with van der Waals surface area (Å²) >= 11 is 0. The largest absolute Gasteiger partial charge is 0.324 e. The third-order valence-electron chi connectivity index (χ3n) is 6.18. The Morgan fingerprint density at radius 3 is 1.38 bits per heavy atom. The van der Waals surface area contributed by atoms with E-state index in [9.17, 15) is 0 Å². The van der Waals surface area contributed by atoms with Crippen molar-refractivity contribution in [3.63, 3.8) is 0 Å². The van der Waals surface area contributed by atoms with Gasteiger partial charge in [-0.15, -0.1) is 0 Å². The molecule has 0 saturated heterocycles. The van der Waals surface area contributed by atoms with Crippen LogP contribution in [0.25, 0.3) is 0 Å². The molecule has 0 aromatic heterocycles. The van der Waals surface area contributed by atoms with Gasteiger partial charge in [-0.2, -0.15) is 0 Å². The normalized spacial score (nSPS) is 12.3. The summed E-state index contributed by atoms with van der Waals surface area (Å²) in [6.45, 7) is 14.8. The monoisotopic (exact) mass is 366 g/mol. The predicted molar refractivity (Wildman–Crippen MR) is 121 cm³/mol. The van der Waals surface area contributed by atoms with E-state index in [0.717, 1.165) is 0 Å². The number of hydrogen-bond acceptors (Lipinski definition) is 0. The third-order valence-corrected chi connectivity index (χ3v) is 6.18. The van der Waals surface area contributed by atoms with Gasteiger partial charge in [0.1, 0.15) is 0 Å². The van der Waals surface area contributed by atoms with E-state index in [1.54, 1.807) is 0 Å². The lowest BCUT2D eigenvalue weighted by atomic mass is 10.1. The Morgan fingerprint density at radius 1 is 0.462 bits per heavy atom. The molecule has 0 bridgehead atoms. The zero-order valence-corrected chi connectivity index (χ0v) is 19.0. The molecule has 0 fully saturated rings. The molecular weight excluding hydrogens is 314 g/mol. The Morgan fingerprint density at radius 2 is 0.923 bits per heavy atom. The van der Waals surface area contributed by atoms with Gasteiger partial charge in [-0.3, -0.25) is 0 Å². The van der Waals surface area contributed by atoms with Crippen molar-refractivity contribution < 1.29 is 4.48 Å². The van der Waals surface area contributed by atoms with Crippen LogP contribution in [0.4, 0.5) is 0 Å². The first-order valence-corrected chi connectivity index (χ1v) is 12.2. The average Bonchev–Trinajstić information content (AvgIpc) is 2.66. The van der Waals surface area contributed by atoms with Crippen LogP contribution in [0, 0.1) is 0 Å². The van der Waals surface area contributed by atoms with Crippen LogP contribution in [-0.2, 0) is 0 Å². The summed E-state index contributed by atoms with van der Waals surface area (Å²) in [5.41, 5.74) is 0. The second-order valence-electron chi connectivity index (χ2n) is 8.36. The molecule has 1 heteroatoms. The first kappa shape index (κ1) is 25.7. The van der Waals surface area contributed by atoms with Gasteiger partial charge in [0, 0.05) is 0 Å². The zero-order chi connectivity index (χ0) is 19.3. The number of rotatable bonds is 20. The first-order chi connectivity index (χ1) is 12.7. The maximum Gasteiger partial charge on any atom is 0.0786 e. The van der Waals surface area contributed by atoms with Gasteiger partial charge in [0.05, 0.1) is 26.2 Å². The van der Waals surface area contributed by atoms with Crippen LogP contribution >= 0.6 is 0 Å². The Hall–Kier alpha value is -0.300. The lowest BCUT2D eigenvalue weighted by Gasteiger charge is -2.36. The lowest BCUT2D eigenvalue weighted by molar-refractivity contribution is -0.925. The van der Waals surface area contributed by atoms with Gasteiger partial charge in [-0.25, -0.2) is 0 Å². The molecule has 0 aromatic rings. The van der Waals surface area contributed by atoms with E-state index in [1.807, 2.05) is 0 Å². The summed E-state index contributed by atoms with van der Waals surface area (Å²) < 4.78 is 1.35. The topological polar surface area (TPSA) is 0 Å². The van der Waals surface area contributed by atoms with E-state index in [0.29, 0.717) is 0 Å². The van der Waals surface area contributed by atoms with Gasteiger partial charge in [-0.05, 0) is 58.8 Å². The smallest absolute Gasteiger partial charge is 0.0786 e. The fraction of sp³-hybridized carbons (Fsp3) is 0.920. The van der Waals surface area contributed by atoms with E-state index < -0.39 is 0 Å². The summed E-state index contributed by atoms with van der Waals surface area (Å²) in [7, 11) is 0. The van der Waals surface area contributed by atoms with Gasteiger partial charge in [0.15, 0.2) is 0 Å². The number of unbranched alkanes of at least 4 members (excludes halogenated alkanes) is 12. The highest BCUT2D eigenvalue weighted by Gasteiger charge is 2.20. The predicted octanol–water partition coefficient (Wildman–Crippen LogP) is 8.29. The van der Waals surface area contributed by atoms with Crippen LogP contribution in [0.1, 0.15) is 124 Å². The molecular formula is C25H52N+. The minimum absolute atomic E-state index is 1.30. The fourth-order valence-electron chi connectivity index (χ4n) is 4.14. The van der Waals surface area contributed by atoms with Crippen molar-refractivity contribution in [3.05, 3.63) is 12.2 Å². The highest BCUT2D eigenvalue weighted by atomic mass is 15.3. The van der Waals surface area contributed by atoms with Gasteiger partial charge in [-0.1, -0.05) is 77.4 Å². The maximum absolute atomic E-state index is 2.44. The minimum atomic E-state index is 1.30. The Balaban J connectivity index is 3.39. The Labute approximate surface area is 167 Å². The van der Waals surface area contributed by atoms with Gasteiger partial charge in [0.25, 0.3) is 0 Å². The van der Waals surface area contributed by atoms with Crippen molar-refractivity contribution in [2.24, 2.45) is 0 Å². The molecule has 0 N–H and O–H groups in total. The Bertz CT molecular complexity index is 291. The van der Waals surface area contributed by atoms with Crippen LogP contribution in [0.2, 0.25) is 0 Å². The van der Waals surface area contributed by atoms with E-state index in [1.165, 1.54) is 127 Å². The second-order valence-corrected chi connectivity index (χ2v) is 8.36. The van der Waals surface area contributed by atoms with Gasteiger partial charge < -0.3 is 4.48 Å². The van der Waals surface area contributed by atoms with Gasteiger partial charge in [0.2, 0.25) is 0 Å². The SMILES string of the molecule is CCCCCCCCC=CCCCCCCCC[N+](CC)(CC)CCC. The van der Waals surface area contributed by atoms with Crippen molar-refractivity contribution >= 4 is 0 Å². The summed E-state index contributed by atoms with van der Waals surface area (Å²) in [6.07, 6.45) is 25.9. The number of nitrogens with zero attached hydrogens (tertiary/aromatic N) is 1. The van der Waals surface area contributed by atoms with Gasteiger partial charge >= 0.3 is 0 Å². The fourth-order valence-corrected chi connectivity index (χ4v) is 4.14. The molecule has 1 nitrogen and oxygen atoms in total. The number of hydrogen-bond donors (Lipinski definition) is 0. The molecule has 0 amide bonds. The average molecular weight is 367 g/mol. The third kappa shape index (κ3) is 14.8. The molecule has 0 aromatic carbocycles.